The number of hydrogen-bond acceptors (Lipinski definition) is 3. The quantitative estimate of drug-likeness (QED) is 0.561. The zero-order chi connectivity index (χ0) is 12.9. The highest BCUT2D eigenvalue weighted by atomic mass is 32.2. The lowest BCUT2D eigenvalue weighted by Gasteiger charge is -2.09. The van der Waals surface area contributed by atoms with Crippen LogP contribution in [0.3, 0.4) is 0 Å². The van der Waals surface area contributed by atoms with E-state index in [0.717, 1.165) is 32.4 Å². The van der Waals surface area contributed by atoms with Crippen molar-refractivity contribution in [3.05, 3.63) is 0 Å². The third-order valence-corrected chi connectivity index (χ3v) is 3.57. The Morgan fingerprint density at radius 2 is 2.06 bits per heavy atom. The molecule has 17 heavy (non-hydrogen) atoms. The van der Waals surface area contributed by atoms with Crippen molar-refractivity contribution >= 4 is 17.7 Å². The van der Waals surface area contributed by atoms with E-state index in [1.807, 2.05) is 11.8 Å². The van der Waals surface area contributed by atoms with Crippen LogP contribution in [0.2, 0.25) is 0 Å². The molecule has 0 saturated heterocycles. The summed E-state index contributed by atoms with van der Waals surface area (Å²) in [5, 5.41) is 2.98. The Labute approximate surface area is 110 Å². The fourth-order valence-electron chi connectivity index (χ4n) is 1.67. The lowest BCUT2D eigenvalue weighted by Crippen LogP contribution is -2.24. The van der Waals surface area contributed by atoms with Gasteiger partial charge in [-0.3, -0.25) is 4.79 Å². The first-order valence-corrected chi connectivity index (χ1v) is 8.05. The minimum Gasteiger partial charge on any atom is -0.356 e. The molecule has 0 aromatic rings. The van der Waals surface area contributed by atoms with Gasteiger partial charge in [0.05, 0.1) is 0 Å². The summed E-state index contributed by atoms with van der Waals surface area (Å²) in [5.41, 5.74) is 5.47. The topological polar surface area (TPSA) is 55.1 Å². The lowest BCUT2D eigenvalue weighted by atomic mass is 10.0. The Hall–Kier alpha value is -0.220. The molecule has 0 saturated carbocycles. The van der Waals surface area contributed by atoms with Gasteiger partial charge in [-0.15, -0.1) is 0 Å². The van der Waals surface area contributed by atoms with Crippen LogP contribution in [-0.2, 0) is 4.79 Å². The molecule has 0 aromatic carbocycles. The molecule has 0 aliphatic carbocycles. The van der Waals surface area contributed by atoms with E-state index in [0.29, 0.717) is 12.3 Å². The highest BCUT2D eigenvalue weighted by Crippen LogP contribution is 2.08. The van der Waals surface area contributed by atoms with Crippen LogP contribution in [0.5, 0.6) is 0 Å². The number of nitrogens with one attached hydrogen (secondary N) is 1. The van der Waals surface area contributed by atoms with Gasteiger partial charge in [0.15, 0.2) is 0 Å². The van der Waals surface area contributed by atoms with E-state index in [2.05, 4.69) is 18.5 Å². The maximum Gasteiger partial charge on any atom is 0.220 e. The van der Waals surface area contributed by atoms with E-state index >= 15 is 0 Å². The van der Waals surface area contributed by atoms with Gasteiger partial charge in [-0.2, -0.15) is 11.8 Å². The Morgan fingerprint density at radius 3 is 2.71 bits per heavy atom. The number of rotatable bonds is 11. The number of thioether (sulfide) groups is 1. The van der Waals surface area contributed by atoms with Gasteiger partial charge in [0, 0.05) is 13.0 Å². The van der Waals surface area contributed by atoms with Crippen molar-refractivity contribution in [2.24, 2.45) is 11.7 Å². The van der Waals surface area contributed by atoms with E-state index in [1.54, 1.807) is 0 Å². The maximum atomic E-state index is 11.5. The first-order chi connectivity index (χ1) is 8.20. The predicted molar refractivity (Wildman–Crippen MR) is 77.3 cm³/mol. The first-order valence-electron chi connectivity index (χ1n) is 6.66. The second-order valence-electron chi connectivity index (χ2n) is 4.62. The van der Waals surface area contributed by atoms with Crippen molar-refractivity contribution in [3.63, 3.8) is 0 Å². The molecule has 1 unspecified atom stereocenters. The Bertz CT molecular complexity index is 188. The van der Waals surface area contributed by atoms with Crippen molar-refractivity contribution in [1.82, 2.24) is 5.32 Å². The van der Waals surface area contributed by atoms with Crippen LogP contribution >= 0.6 is 11.8 Å². The largest absolute Gasteiger partial charge is 0.356 e. The number of nitrogens with two attached hydrogens (primary N) is 1. The standard InChI is InChI=1S/C13H28N2OS/c1-12(8-9-14)6-7-13(16)15-10-4-3-5-11-17-2/h12H,3-11,14H2,1-2H3,(H,15,16). The molecule has 1 atom stereocenters. The molecule has 102 valence electrons. The molecule has 0 radical (unpaired) electrons. The monoisotopic (exact) mass is 260 g/mol. The number of carbonyl (C=O) groups is 1. The maximum absolute atomic E-state index is 11.5. The summed E-state index contributed by atoms with van der Waals surface area (Å²) in [4.78, 5) is 11.5. The molecular formula is C13H28N2OS. The van der Waals surface area contributed by atoms with E-state index in [-0.39, 0.29) is 5.91 Å². The van der Waals surface area contributed by atoms with Crippen molar-refractivity contribution in [3.8, 4) is 0 Å². The summed E-state index contributed by atoms with van der Waals surface area (Å²) >= 11 is 1.88. The number of carbonyl (C=O) groups excluding carboxylic acids is 1. The molecule has 0 spiro atoms. The van der Waals surface area contributed by atoms with Gasteiger partial charge < -0.3 is 11.1 Å². The third kappa shape index (κ3) is 12.0. The average Bonchev–Trinajstić information content (AvgIpc) is 2.31. The molecule has 3 N–H and O–H groups in total. The molecule has 0 aliphatic rings. The summed E-state index contributed by atoms with van der Waals surface area (Å²) in [5.74, 6) is 1.98. The molecule has 0 aliphatic heterocycles. The molecule has 3 nitrogen and oxygen atoms in total. The normalized spacial score (nSPS) is 12.4. The SMILES string of the molecule is CSCCCCCNC(=O)CCC(C)CCN. The predicted octanol–water partition coefficient (Wildman–Crippen LogP) is 2.40. The average molecular weight is 260 g/mol. The Morgan fingerprint density at radius 1 is 1.29 bits per heavy atom. The molecule has 4 heteroatoms. The number of amides is 1. The minimum atomic E-state index is 0.193. The third-order valence-electron chi connectivity index (χ3n) is 2.87. The fraction of sp³-hybridized carbons (Fsp3) is 0.923. The molecular weight excluding hydrogens is 232 g/mol. The zero-order valence-electron chi connectivity index (χ0n) is 11.3. The van der Waals surface area contributed by atoms with Crippen LogP contribution in [0, 0.1) is 5.92 Å². The number of unbranched alkanes of at least 4 members (excludes halogenated alkanes) is 2. The van der Waals surface area contributed by atoms with Crippen LogP contribution < -0.4 is 11.1 Å². The van der Waals surface area contributed by atoms with Crippen LogP contribution in [0.1, 0.15) is 45.4 Å². The van der Waals surface area contributed by atoms with Crippen molar-refractivity contribution in [2.75, 3.05) is 25.1 Å². The van der Waals surface area contributed by atoms with Crippen molar-refractivity contribution in [1.29, 1.82) is 0 Å². The second kappa shape index (κ2) is 12.2. The second-order valence-corrected chi connectivity index (χ2v) is 5.61. The van der Waals surface area contributed by atoms with E-state index in [4.69, 9.17) is 5.73 Å². The van der Waals surface area contributed by atoms with E-state index < -0.39 is 0 Å². The van der Waals surface area contributed by atoms with Crippen LogP contribution in [0.4, 0.5) is 0 Å². The van der Waals surface area contributed by atoms with Crippen LogP contribution in [0.15, 0.2) is 0 Å². The Balaban J connectivity index is 3.28. The highest BCUT2D eigenvalue weighted by molar-refractivity contribution is 7.98. The zero-order valence-corrected chi connectivity index (χ0v) is 12.2. The van der Waals surface area contributed by atoms with Gasteiger partial charge in [0.2, 0.25) is 5.91 Å². The molecule has 1 amide bonds. The van der Waals surface area contributed by atoms with Crippen LogP contribution in [-0.4, -0.2) is 31.0 Å². The van der Waals surface area contributed by atoms with Crippen molar-refractivity contribution < 1.29 is 4.79 Å². The fourth-order valence-corrected chi connectivity index (χ4v) is 2.16. The molecule has 0 rings (SSSR count). The summed E-state index contributed by atoms with van der Waals surface area (Å²) in [7, 11) is 0. The molecule has 0 heterocycles. The smallest absolute Gasteiger partial charge is 0.220 e. The minimum absolute atomic E-state index is 0.193. The van der Waals surface area contributed by atoms with Gasteiger partial charge in [-0.25, -0.2) is 0 Å². The van der Waals surface area contributed by atoms with E-state index in [9.17, 15) is 4.79 Å². The first kappa shape index (κ1) is 16.8. The molecule has 0 aromatic heterocycles. The summed E-state index contributed by atoms with van der Waals surface area (Å²) in [6.07, 6.45) is 8.31. The van der Waals surface area contributed by atoms with Gasteiger partial charge in [0.1, 0.15) is 0 Å². The highest BCUT2D eigenvalue weighted by Gasteiger charge is 2.05. The van der Waals surface area contributed by atoms with Gasteiger partial charge in [-0.1, -0.05) is 13.3 Å². The molecule has 0 fully saturated rings. The van der Waals surface area contributed by atoms with Crippen molar-refractivity contribution in [2.45, 2.75) is 45.4 Å². The van der Waals surface area contributed by atoms with Gasteiger partial charge in [0.25, 0.3) is 0 Å². The van der Waals surface area contributed by atoms with E-state index in [1.165, 1.54) is 18.6 Å². The summed E-state index contributed by atoms with van der Waals surface area (Å²) in [6.45, 7) is 3.71. The number of hydrogen-bond donors (Lipinski definition) is 2. The summed E-state index contributed by atoms with van der Waals surface area (Å²) < 4.78 is 0. The van der Waals surface area contributed by atoms with Gasteiger partial charge >= 0.3 is 0 Å². The van der Waals surface area contributed by atoms with Gasteiger partial charge in [-0.05, 0) is 50.2 Å². The summed E-state index contributed by atoms with van der Waals surface area (Å²) in [6, 6.07) is 0. The van der Waals surface area contributed by atoms with Crippen LogP contribution in [0.25, 0.3) is 0 Å². The lowest BCUT2D eigenvalue weighted by molar-refractivity contribution is -0.121. The Kier molecular flexibility index (Phi) is 12.1. The molecule has 0 bridgehead atoms.